The van der Waals surface area contributed by atoms with E-state index in [1.165, 1.54) is 7.11 Å². The lowest BCUT2D eigenvalue weighted by atomic mass is 10.2. The highest BCUT2D eigenvalue weighted by Gasteiger charge is 2.20. The summed E-state index contributed by atoms with van der Waals surface area (Å²) in [4.78, 5) is 3.28. The lowest BCUT2D eigenvalue weighted by molar-refractivity contribution is 0.141. The van der Waals surface area contributed by atoms with E-state index in [-0.39, 0.29) is 11.3 Å². The highest BCUT2D eigenvalue weighted by molar-refractivity contribution is 5.53. The number of aromatic hydroxyl groups is 1. The van der Waals surface area contributed by atoms with Gasteiger partial charge < -0.3 is 9.84 Å². The molecule has 1 aromatic heterocycles. The number of nitriles is 1. The fourth-order valence-corrected chi connectivity index (χ4v) is 0.921. The van der Waals surface area contributed by atoms with Crippen molar-refractivity contribution in [3.05, 3.63) is 17.5 Å². The minimum Gasteiger partial charge on any atom is -0.504 e. The van der Waals surface area contributed by atoms with Crippen molar-refractivity contribution in [2.75, 3.05) is 7.11 Å². The van der Waals surface area contributed by atoms with Gasteiger partial charge in [-0.25, -0.2) is 13.8 Å². The second kappa shape index (κ2) is 3.87. The lowest BCUT2D eigenvalue weighted by Crippen LogP contribution is -1.96. The molecule has 0 aliphatic rings. The molecule has 0 amide bonds. The summed E-state index contributed by atoms with van der Waals surface area (Å²) in [6.45, 7) is 0. The molecule has 0 fully saturated rings. The largest absolute Gasteiger partial charge is 0.504 e. The van der Waals surface area contributed by atoms with E-state index in [4.69, 9.17) is 5.26 Å². The highest BCUT2D eigenvalue weighted by Crippen LogP contribution is 2.33. The van der Waals surface area contributed by atoms with Crippen molar-refractivity contribution in [3.8, 4) is 17.6 Å². The number of pyridine rings is 1. The molecule has 0 aliphatic heterocycles. The smallest absolute Gasteiger partial charge is 0.284 e. The van der Waals surface area contributed by atoms with Crippen LogP contribution in [0, 0.1) is 11.3 Å². The molecular weight excluding hydrogens is 194 g/mol. The van der Waals surface area contributed by atoms with Gasteiger partial charge in [0.05, 0.1) is 13.3 Å². The van der Waals surface area contributed by atoms with E-state index in [0.717, 1.165) is 6.20 Å². The van der Waals surface area contributed by atoms with Crippen molar-refractivity contribution in [3.63, 3.8) is 0 Å². The molecule has 1 heterocycles. The van der Waals surface area contributed by atoms with E-state index in [2.05, 4.69) is 9.72 Å². The molecule has 0 radical (unpaired) electrons. The summed E-state index contributed by atoms with van der Waals surface area (Å²) in [5, 5.41) is 17.8. The van der Waals surface area contributed by atoms with Gasteiger partial charge in [0.1, 0.15) is 17.3 Å². The number of ether oxygens (including phenoxy) is 1. The maximum atomic E-state index is 12.2. The lowest BCUT2D eigenvalue weighted by Gasteiger charge is -2.07. The number of halogens is 2. The van der Waals surface area contributed by atoms with Crippen LogP contribution in [-0.4, -0.2) is 17.2 Å². The zero-order valence-corrected chi connectivity index (χ0v) is 7.16. The van der Waals surface area contributed by atoms with Crippen molar-refractivity contribution in [2.45, 2.75) is 6.43 Å². The Hall–Kier alpha value is -1.90. The van der Waals surface area contributed by atoms with E-state index in [0.29, 0.717) is 0 Å². The van der Waals surface area contributed by atoms with Crippen LogP contribution < -0.4 is 4.74 Å². The van der Waals surface area contributed by atoms with E-state index < -0.39 is 17.9 Å². The summed E-state index contributed by atoms with van der Waals surface area (Å²) in [5.74, 6) is -0.865. The minimum atomic E-state index is -2.92. The van der Waals surface area contributed by atoms with Gasteiger partial charge in [-0.2, -0.15) is 5.26 Å². The van der Waals surface area contributed by atoms with Crippen LogP contribution in [0.2, 0.25) is 0 Å². The molecule has 0 saturated carbocycles. The van der Waals surface area contributed by atoms with Crippen LogP contribution in [0.1, 0.15) is 17.7 Å². The van der Waals surface area contributed by atoms with Crippen molar-refractivity contribution in [1.29, 1.82) is 5.26 Å². The molecule has 0 bridgehead atoms. The van der Waals surface area contributed by atoms with Gasteiger partial charge in [-0.15, -0.1) is 0 Å². The van der Waals surface area contributed by atoms with Crippen LogP contribution in [0.25, 0.3) is 0 Å². The molecule has 1 N–H and O–H groups in total. The van der Waals surface area contributed by atoms with Gasteiger partial charge in [-0.3, -0.25) is 0 Å². The molecule has 0 unspecified atom stereocenters. The predicted molar refractivity (Wildman–Crippen MR) is 42.1 cm³/mol. The Morgan fingerprint density at radius 3 is 2.71 bits per heavy atom. The number of nitrogens with zero attached hydrogens (tertiary/aromatic N) is 2. The SMILES string of the molecule is COc1cnc(C(F)F)c(O)c1C#N. The maximum Gasteiger partial charge on any atom is 0.284 e. The first-order valence-electron chi connectivity index (χ1n) is 3.56. The molecule has 74 valence electrons. The summed E-state index contributed by atoms with van der Waals surface area (Å²) in [5.41, 5.74) is -1.15. The van der Waals surface area contributed by atoms with Gasteiger partial charge in [0.15, 0.2) is 11.5 Å². The van der Waals surface area contributed by atoms with Gasteiger partial charge in [-0.05, 0) is 0 Å². The monoisotopic (exact) mass is 200 g/mol. The van der Waals surface area contributed by atoms with Crippen LogP contribution >= 0.6 is 0 Å². The quantitative estimate of drug-likeness (QED) is 0.787. The first-order chi connectivity index (χ1) is 6.61. The molecule has 14 heavy (non-hydrogen) atoms. The predicted octanol–water partition coefficient (Wildman–Crippen LogP) is 1.61. The van der Waals surface area contributed by atoms with Crippen molar-refractivity contribution < 1.29 is 18.6 Å². The summed E-state index contributed by atoms with van der Waals surface area (Å²) in [6, 6.07) is 1.56. The molecule has 1 aromatic rings. The number of hydrogen-bond acceptors (Lipinski definition) is 4. The average Bonchev–Trinajstić information content (AvgIpc) is 2.16. The van der Waals surface area contributed by atoms with E-state index in [1.54, 1.807) is 6.07 Å². The normalized spacial score (nSPS) is 9.93. The van der Waals surface area contributed by atoms with Gasteiger partial charge in [-0.1, -0.05) is 0 Å². The number of alkyl halides is 2. The minimum absolute atomic E-state index is 0.0330. The molecule has 0 aliphatic carbocycles. The Kier molecular flexibility index (Phi) is 2.82. The Bertz CT molecular complexity index is 388. The Morgan fingerprint density at radius 1 is 1.64 bits per heavy atom. The third-order valence-corrected chi connectivity index (χ3v) is 1.59. The summed E-state index contributed by atoms with van der Waals surface area (Å²) in [6.07, 6.45) is -1.95. The van der Waals surface area contributed by atoms with Crippen molar-refractivity contribution in [2.24, 2.45) is 0 Å². The Balaban J connectivity index is 3.37. The second-order valence-corrected chi connectivity index (χ2v) is 2.35. The van der Waals surface area contributed by atoms with Gasteiger partial charge in [0, 0.05) is 0 Å². The maximum absolute atomic E-state index is 12.2. The van der Waals surface area contributed by atoms with E-state index in [1.807, 2.05) is 0 Å². The molecule has 0 atom stereocenters. The topological polar surface area (TPSA) is 66.1 Å². The van der Waals surface area contributed by atoms with Crippen LogP contribution in [0.5, 0.6) is 11.5 Å². The second-order valence-electron chi connectivity index (χ2n) is 2.35. The molecule has 1 rings (SSSR count). The number of rotatable bonds is 2. The molecule has 0 saturated heterocycles. The van der Waals surface area contributed by atoms with Gasteiger partial charge in [0.2, 0.25) is 0 Å². The van der Waals surface area contributed by atoms with Gasteiger partial charge in [0.25, 0.3) is 6.43 Å². The third-order valence-electron chi connectivity index (χ3n) is 1.59. The van der Waals surface area contributed by atoms with Crippen LogP contribution in [0.15, 0.2) is 6.20 Å². The van der Waals surface area contributed by atoms with E-state index >= 15 is 0 Å². The Labute approximate surface area is 78.4 Å². The zero-order valence-electron chi connectivity index (χ0n) is 7.16. The fraction of sp³-hybridized carbons (Fsp3) is 0.250. The summed E-state index contributed by atoms with van der Waals surface area (Å²) in [7, 11) is 1.25. The molecule has 0 aromatic carbocycles. The van der Waals surface area contributed by atoms with Crippen LogP contribution in [0.3, 0.4) is 0 Å². The summed E-state index contributed by atoms with van der Waals surface area (Å²) >= 11 is 0. The highest BCUT2D eigenvalue weighted by atomic mass is 19.3. The average molecular weight is 200 g/mol. The van der Waals surface area contributed by atoms with Crippen LogP contribution in [0.4, 0.5) is 8.78 Å². The first-order valence-corrected chi connectivity index (χ1v) is 3.56. The Morgan fingerprint density at radius 2 is 2.29 bits per heavy atom. The molecule has 6 heteroatoms. The third kappa shape index (κ3) is 1.57. The number of aromatic nitrogens is 1. The standard InChI is InChI=1S/C8H6F2N2O2/c1-14-5-3-12-6(8(9)10)7(13)4(5)2-11/h3,8,13H,1H3. The van der Waals surface area contributed by atoms with Gasteiger partial charge >= 0.3 is 0 Å². The fourth-order valence-electron chi connectivity index (χ4n) is 0.921. The zero-order chi connectivity index (χ0) is 10.7. The van der Waals surface area contributed by atoms with Crippen molar-refractivity contribution >= 4 is 0 Å². The molecule has 0 spiro atoms. The first kappa shape index (κ1) is 10.2. The molecular formula is C8H6F2N2O2. The number of hydrogen-bond donors (Lipinski definition) is 1. The van der Waals surface area contributed by atoms with Crippen LogP contribution in [-0.2, 0) is 0 Å². The van der Waals surface area contributed by atoms with E-state index in [9.17, 15) is 13.9 Å². The molecule has 4 nitrogen and oxygen atoms in total. The summed E-state index contributed by atoms with van der Waals surface area (Å²) < 4.78 is 29.1. The number of methoxy groups -OCH3 is 1. The van der Waals surface area contributed by atoms with Crippen molar-refractivity contribution in [1.82, 2.24) is 4.98 Å².